The minimum absolute atomic E-state index is 0.370. The fourth-order valence-corrected chi connectivity index (χ4v) is 1.96. The van der Waals surface area contributed by atoms with Gasteiger partial charge in [-0.25, -0.2) is 0 Å². The smallest absolute Gasteiger partial charge is 0.326 e. The van der Waals surface area contributed by atoms with E-state index in [1.807, 2.05) is 6.92 Å². The molecule has 2 atom stereocenters. The molecule has 0 saturated heterocycles. The number of hydrogen-bond donors (Lipinski definition) is 1. The maximum atomic E-state index is 12.6. The number of nitrogens with two attached hydrogens (primary N) is 1. The van der Waals surface area contributed by atoms with Gasteiger partial charge in [-0.1, -0.05) is 13.0 Å². The lowest BCUT2D eigenvalue weighted by Gasteiger charge is -2.22. The molecule has 2 N–H and O–H groups in total. The van der Waals surface area contributed by atoms with E-state index >= 15 is 0 Å². The van der Waals surface area contributed by atoms with E-state index in [-0.39, 0.29) is 6.04 Å². The van der Waals surface area contributed by atoms with Gasteiger partial charge in [0.15, 0.2) is 0 Å². The van der Waals surface area contributed by atoms with Crippen molar-refractivity contribution in [2.75, 3.05) is 0 Å². The van der Waals surface area contributed by atoms with Gasteiger partial charge in [0, 0.05) is 18.4 Å². The molecule has 2 heterocycles. The summed E-state index contributed by atoms with van der Waals surface area (Å²) in [5, 5.41) is 3.81. The van der Waals surface area contributed by atoms with Crippen LogP contribution in [0.25, 0.3) is 0 Å². The summed E-state index contributed by atoms with van der Waals surface area (Å²) < 4.78 is 39.2. The van der Waals surface area contributed by atoms with Crippen LogP contribution in [0.2, 0.25) is 0 Å². The van der Waals surface area contributed by atoms with E-state index < -0.39 is 17.8 Å². The first-order valence-electron chi connectivity index (χ1n) is 6.21. The zero-order valence-corrected chi connectivity index (χ0v) is 10.9. The van der Waals surface area contributed by atoms with E-state index in [0.29, 0.717) is 12.1 Å². The van der Waals surface area contributed by atoms with Gasteiger partial charge < -0.3 is 5.73 Å². The van der Waals surface area contributed by atoms with Gasteiger partial charge in [-0.2, -0.15) is 18.3 Å². The molecule has 0 radical (unpaired) electrons. The summed E-state index contributed by atoms with van der Waals surface area (Å²) in [6, 6.07) is 4.35. The summed E-state index contributed by atoms with van der Waals surface area (Å²) in [5.74, 6) is 0. The van der Waals surface area contributed by atoms with Crippen LogP contribution >= 0.6 is 0 Å². The molecule has 7 heteroatoms. The second-order valence-corrected chi connectivity index (χ2v) is 4.48. The van der Waals surface area contributed by atoms with E-state index in [0.717, 1.165) is 12.4 Å². The topological polar surface area (TPSA) is 56.7 Å². The number of halogens is 3. The number of alkyl halides is 3. The SMILES string of the molecule is CCC(N)C(c1ccccn1)n1cc(C(F)(F)F)cn1. The summed E-state index contributed by atoms with van der Waals surface area (Å²) in [6.07, 6.45) is -0.461. The minimum atomic E-state index is -4.41. The predicted molar refractivity (Wildman–Crippen MR) is 67.9 cm³/mol. The highest BCUT2D eigenvalue weighted by atomic mass is 19.4. The number of nitrogens with zero attached hydrogens (tertiary/aromatic N) is 3. The van der Waals surface area contributed by atoms with Crippen molar-refractivity contribution in [3.05, 3.63) is 48.0 Å². The Labute approximate surface area is 114 Å². The third kappa shape index (κ3) is 2.98. The largest absolute Gasteiger partial charge is 0.419 e. The average molecular weight is 284 g/mol. The molecular weight excluding hydrogens is 269 g/mol. The standard InChI is InChI=1S/C13H15F3N4/c1-2-10(17)12(11-5-3-4-6-18-11)20-8-9(7-19-20)13(14,15)16/h3-8,10,12H,2,17H2,1H3. The molecular formula is C13H15F3N4. The van der Waals surface area contributed by atoms with Crippen molar-refractivity contribution >= 4 is 0 Å². The number of hydrogen-bond acceptors (Lipinski definition) is 3. The van der Waals surface area contributed by atoms with Crippen molar-refractivity contribution < 1.29 is 13.2 Å². The van der Waals surface area contributed by atoms with E-state index in [1.54, 1.807) is 24.4 Å². The van der Waals surface area contributed by atoms with Crippen molar-refractivity contribution in [1.29, 1.82) is 0 Å². The molecule has 0 aliphatic heterocycles. The Morgan fingerprint density at radius 2 is 2.10 bits per heavy atom. The lowest BCUT2D eigenvalue weighted by atomic mass is 10.0. The summed E-state index contributed by atoms with van der Waals surface area (Å²) >= 11 is 0. The van der Waals surface area contributed by atoms with Crippen LogP contribution < -0.4 is 5.73 Å². The lowest BCUT2D eigenvalue weighted by Crippen LogP contribution is -2.33. The van der Waals surface area contributed by atoms with Crippen LogP contribution in [0.4, 0.5) is 13.2 Å². The highest BCUT2D eigenvalue weighted by molar-refractivity contribution is 5.16. The second kappa shape index (κ2) is 5.62. The van der Waals surface area contributed by atoms with Crippen LogP contribution in [0.5, 0.6) is 0 Å². The van der Waals surface area contributed by atoms with Crippen LogP contribution in [-0.2, 0) is 6.18 Å². The van der Waals surface area contributed by atoms with Crippen LogP contribution in [0.3, 0.4) is 0 Å². The van der Waals surface area contributed by atoms with Crippen molar-refractivity contribution in [2.24, 2.45) is 5.73 Å². The van der Waals surface area contributed by atoms with Gasteiger partial charge in [0.05, 0.1) is 17.5 Å². The number of rotatable bonds is 4. The lowest BCUT2D eigenvalue weighted by molar-refractivity contribution is -0.137. The maximum Gasteiger partial charge on any atom is 0.419 e. The van der Waals surface area contributed by atoms with E-state index in [4.69, 9.17) is 5.73 Å². The summed E-state index contributed by atoms with van der Waals surface area (Å²) in [4.78, 5) is 4.17. The molecule has 0 saturated carbocycles. The molecule has 2 aromatic heterocycles. The molecule has 0 aliphatic carbocycles. The fourth-order valence-electron chi connectivity index (χ4n) is 1.96. The molecule has 20 heavy (non-hydrogen) atoms. The third-order valence-corrected chi connectivity index (χ3v) is 3.08. The Bertz CT molecular complexity index is 550. The minimum Gasteiger partial charge on any atom is -0.326 e. The van der Waals surface area contributed by atoms with Crippen LogP contribution in [-0.4, -0.2) is 20.8 Å². The first-order valence-corrected chi connectivity index (χ1v) is 6.21. The molecule has 4 nitrogen and oxygen atoms in total. The Kier molecular flexibility index (Phi) is 4.08. The van der Waals surface area contributed by atoms with Gasteiger partial charge in [0.25, 0.3) is 0 Å². The van der Waals surface area contributed by atoms with Crippen molar-refractivity contribution in [2.45, 2.75) is 31.6 Å². The zero-order chi connectivity index (χ0) is 14.8. The van der Waals surface area contributed by atoms with Crippen molar-refractivity contribution in [3.63, 3.8) is 0 Å². The zero-order valence-electron chi connectivity index (χ0n) is 10.9. The first-order chi connectivity index (χ1) is 9.43. The van der Waals surface area contributed by atoms with E-state index in [2.05, 4.69) is 10.1 Å². The monoisotopic (exact) mass is 284 g/mol. The molecule has 0 amide bonds. The van der Waals surface area contributed by atoms with E-state index in [9.17, 15) is 13.2 Å². The van der Waals surface area contributed by atoms with Crippen LogP contribution in [0.1, 0.15) is 30.6 Å². The van der Waals surface area contributed by atoms with Crippen molar-refractivity contribution in [1.82, 2.24) is 14.8 Å². The Balaban J connectivity index is 2.40. The Hall–Kier alpha value is -1.89. The molecule has 0 fully saturated rings. The molecule has 2 aromatic rings. The molecule has 108 valence electrons. The maximum absolute atomic E-state index is 12.6. The quantitative estimate of drug-likeness (QED) is 0.939. The Morgan fingerprint density at radius 3 is 2.60 bits per heavy atom. The van der Waals surface area contributed by atoms with Crippen LogP contribution in [0, 0.1) is 0 Å². The van der Waals surface area contributed by atoms with Gasteiger partial charge >= 0.3 is 6.18 Å². The van der Waals surface area contributed by atoms with Gasteiger partial charge in [0.1, 0.15) is 6.04 Å². The van der Waals surface area contributed by atoms with E-state index in [1.165, 1.54) is 4.68 Å². The van der Waals surface area contributed by atoms with Gasteiger partial charge in [-0.15, -0.1) is 0 Å². The molecule has 0 spiro atoms. The number of pyridine rings is 1. The molecule has 0 aromatic carbocycles. The summed E-state index contributed by atoms with van der Waals surface area (Å²) in [6.45, 7) is 1.87. The van der Waals surface area contributed by atoms with Gasteiger partial charge in [-0.3, -0.25) is 9.67 Å². The molecule has 0 aliphatic rings. The first kappa shape index (κ1) is 14.5. The van der Waals surface area contributed by atoms with Crippen LogP contribution in [0.15, 0.2) is 36.8 Å². The molecule has 2 unspecified atom stereocenters. The summed E-state index contributed by atoms with van der Waals surface area (Å²) in [7, 11) is 0. The normalized spacial score (nSPS) is 15.1. The molecule has 0 bridgehead atoms. The predicted octanol–water partition coefficient (Wildman–Crippen LogP) is 2.62. The fraction of sp³-hybridized carbons (Fsp3) is 0.385. The second-order valence-electron chi connectivity index (χ2n) is 4.48. The molecule has 2 rings (SSSR count). The highest BCUT2D eigenvalue weighted by Gasteiger charge is 2.33. The van der Waals surface area contributed by atoms with Gasteiger partial charge in [0.2, 0.25) is 0 Å². The number of aromatic nitrogens is 3. The summed E-state index contributed by atoms with van der Waals surface area (Å²) in [5.41, 5.74) is 5.82. The average Bonchev–Trinajstić information content (AvgIpc) is 2.89. The van der Waals surface area contributed by atoms with Crippen molar-refractivity contribution in [3.8, 4) is 0 Å². The Morgan fingerprint density at radius 1 is 1.35 bits per heavy atom. The highest BCUT2D eigenvalue weighted by Crippen LogP contribution is 2.30. The van der Waals surface area contributed by atoms with Gasteiger partial charge in [-0.05, 0) is 18.6 Å². The third-order valence-electron chi connectivity index (χ3n) is 3.08.